The number of alkyl carbamates (subject to hydrolysis) is 1. The van der Waals surface area contributed by atoms with E-state index in [9.17, 15) is 18.8 Å². The van der Waals surface area contributed by atoms with E-state index in [2.05, 4.69) is 21.0 Å². The van der Waals surface area contributed by atoms with Crippen LogP contribution in [0.25, 0.3) is 11.3 Å². The van der Waals surface area contributed by atoms with Gasteiger partial charge in [-0.2, -0.15) is 5.10 Å². The Morgan fingerprint density at radius 2 is 1.93 bits per heavy atom. The Bertz CT molecular complexity index is 1450. The minimum Gasteiger partial charge on any atom is -0.444 e. The van der Waals surface area contributed by atoms with Crippen LogP contribution < -0.4 is 16.0 Å². The fraction of sp³-hybridized carbons (Fsp3) is 0.469. The largest absolute Gasteiger partial charge is 0.444 e. The average molecular weight is 608 g/mol. The standard InChI is InChI=1S/C32H42FN7O4/c1-32(2,3)44-31(43)35-15-6-11-28(41)40-17-7-10-25(40)20-36-30(42)26-12-13-27(23-19-37-39(4)21-23)38-29(26)34-16-14-22-8-5-9-24(33)18-22/h5,8-9,12-13,18-19,21,25H,6-7,10-11,14-17,20H2,1-4H3,(H,34,38)(H,35,43)(H,36,42)/t25-/m1/s1. The second-order valence-electron chi connectivity index (χ2n) is 11.9. The number of amides is 3. The van der Waals surface area contributed by atoms with E-state index in [0.29, 0.717) is 62.5 Å². The zero-order valence-corrected chi connectivity index (χ0v) is 25.9. The molecule has 3 amide bonds. The number of hydrogen-bond acceptors (Lipinski definition) is 7. The van der Waals surface area contributed by atoms with Gasteiger partial charge in [0.05, 0.1) is 17.5 Å². The monoisotopic (exact) mass is 607 g/mol. The number of ether oxygens (including phenoxy) is 1. The van der Waals surface area contributed by atoms with Gasteiger partial charge in [-0.1, -0.05) is 12.1 Å². The van der Waals surface area contributed by atoms with Gasteiger partial charge in [0.25, 0.3) is 5.91 Å². The SMILES string of the molecule is Cn1cc(-c2ccc(C(=O)NC[C@H]3CCCN3C(=O)CCCNC(=O)OC(C)(C)C)c(NCCc3cccc(F)c3)n2)cn1. The van der Waals surface area contributed by atoms with Gasteiger partial charge < -0.3 is 25.6 Å². The maximum atomic E-state index is 13.6. The maximum Gasteiger partial charge on any atom is 0.407 e. The summed E-state index contributed by atoms with van der Waals surface area (Å²) in [7, 11) is 1.82. The molecule has 11 nitrogen and oxygen atoms in total. The molecule has 0 unspecified atom stereocenters. The Kier molecular flexibility index (Phi) is 10.9. The fourth-order valence-corrected chi connectivity index (χ4v) is 5.08. The summed E-state index contributed by atoms with van der Waals surface area (Å²) < 4.78 is 20.5. The lowest BCUT2D eigenvalue weighted by Gasteiger charge is -2.25. The molecule has 1 atom stereocenters. The Hall–Kier alpha value is -4.48. The molecule has 1 aliphatic rings. The molecule has 3 N–H and O–H groups in total. The molecule has 0 saturated carbocycles. The number of anilines is 1. The topological polar surface area (TPSA) is 130 Å². The number of benzene rings is 1. The van der Waals surface area contributed by atoms with Gasteiger partial charge in [0.2, 0.25) is 5.91 Å². The molecule has 3 aromatic rings. The summed E-state index contributed by atoms with van der Waals surface area (Å²) in [4.78, 5) is 44.7. The first-order chi connectivity index (χ1) is 21.0. The first-order valence-corrected chi connectivity index (χ1v) is 15.0. The number of likely N-dealkylation sites (tertiary alicyclic amines) is 1. The van der Waals surface area contributed by atoms with E-state index >= 15 is 0 Å². The summed E-state index contributed by atoms with van der Waals surface area (Å²) >= 11 is 0. The van der Waals surface area contributed by atoms with E-state index in [0.717, 1.165) is 24.0 Å². The van der Waals surface area contributed by atoms with Crippen LogP contribution >= 0.6 is 0 Å². The normalized spacial score (nSPS) is 14.8. The van der Waals surface area contributed by atoms with Crippen LogP contribution in [0.4, 0.5) is 15.0 Å². The van der Waals surface area contributed by atoms with Crippen LogP contribution in [0.1, 0.15) is 62.4 Å². The van der Waals surface area contributed by atoms with E-state index in [1.807, 2.05) is 24.2 Å². The minimum atomic E-state index is -0.579. The van der Waals surface area contributed by atoms with Gasteiger partial charge in [-0.25, -0.2) is 14.2 Å². The van der Waals surface area contributed by atoms with E-state index in [1.54, 1.807) is 49.8 Å². The number of carbonyl (C=O) groups is 3. The van der Waals surface area contributed by atoms with E-state index < -0.39 is 11.7 Å². The van der Waals surface area contributed by atoms with Gasteiger partial charge in [-0.15, -0.1) is 0 Å². The Morgan fingerprint density at radius 3 is 2.66 bits per heavy atom. The maximum absolute atomic E-state index is 13.6. The van der Waals surface area contributed by atoms with Gasteiger partial charge in [0.15, 0.2) is 0 Å². The minimum absolute atomic E-state index is 0.00469. The van der Waals surface area contributed by atoms with Crippen LogP contribution in [0, 0.1) is 5.82 Å². The molecule has 44 heavy (non-hydrogen) atoms. The van der Waals surface area contributed by atoms with E-state index in [4.69, 9.17) is 9.72 Å². The highest BCUT2D eigenvalue weighted by Gasteiger charge is 2.29. The molecule has 0 radical (unpaired) electrons. The molecule has 3 heterocycles. The van der Waals surface area contributed by atoms with Crippen LogP contribution in [0.5, 0.6) is 0 Å². The molecule has 1 saturated heterocycles. The first kappa shape index (κ1) is 32.4. The van der Waals surface area contributed by atoms with Crippen molar-refractivity contribution in [3.05, 3.63) is 65.7 Å². The molecular formula is C32H42FN7O4. The van der Waals surface area contributed by atoms with Crippen molar-refractivity contribution in [1.29, 1.82) is 0 Å². The van der Waals surface area contributed by atoms with Crippen molar-refractivity contribution in [3.8, 4) is 11.3 Å². The van der Waals surface area contributed by atoms with Crippen molar-refractivity contribution < 1.29 is 23.5 Å². The number of aromatic nitrogens is 3. The second kappa shape index (κ2) is 14.8. The zero-order valence-electron chi connectivity index (χ0n) is 25.9. The molecule has 0 bridgehead atoms. The summed E-state index contributed by atoms with van der Waals surface area (Å²) in [5, 5.41) is 13.1. The van der Waals surface area contributed by atoms with Gasteiger partial charge in [0, 0.05) is 57.4 Å². The van der Waals surface area contributed by atoms with Crippen LogP contribution in [0.3, 0.4) is 0 Å². The lowest BCUT2D eigenvalue weighted by molar-refractivity contribution is -0.132. The van der Waals surface area contributed by atoms with Crippen LogP contribution in [-0.4, -0.2) is 75.4 Å². The lowest BCUT2D eigenvalue weighted by atomic mass is 10.1. The van der Waals surface area contributed by atoms with Crippen molar-refractivity contribution in [3.63, 3.8) is 0 Å². The molecule has 0 spiro atoms. The fourth-order valence-electron chi connectivity index (χ4n) is 5.08. The van der Waals surface area contributed by atoms with Gasteiger partial charge in [-0.3, -0.25) is 14.3 Å². The summed E-state index contributed by atoms with van der Waals surface area (Å²) in [6.45, 7) is 7.11. The summed E-state index contributed by atoms with van der Waals surface area (Å²) in [6.07, 6.45) is 6.03. The van der Waals surface area contributed by atoms with Crippen molar-refractivity contribution >= 4 is 23.7 Å². The molecule has 2 aromatic heterocycles. The third-order valence-electron chi connectivity index (χ3n) is 7.17. The molecule has 4 rings (SSSR count). The second-order valence-corrected chi connectivity index (χ2v) is 11.9. The number of aryl methyl sites for hydroxylation is 1. The van der Waals surface area contributed by atoms with Crippen molar-refractivity contribution in [2.75, 3.05) is 31.5 Å². The Balaban J connectivity index is 1.34. The van der Waals surface area contributed by atoms with Gasteiger partial charge in [0.1, 0.15) is 17.2 Å². The third-order valence-corrected chi connectivity index (χ3v) is 7.17. The molecule has 236 valence electrons. The number of pyridine rings is 1. The van der Waals surface area contributed by atoms with Crippen LogP contribution in [0.15, 0.2) is 48.8 Å². The predicted octanol–water partition coefficient (Wildman–Crippen LogP) is 4.30. The average Bonchev–Trinajstić information content (AvgIpc) is 3.62. The zero-order chi connectivity index (χ0) is 31.7. The lowest BCUT2D eigenvalue weighted by Crippen LogP contribution is -2.43. The number of carbonyl (C=O) groups excluding carboxylic acids is 3. The number of nitrogens with one attached hydrogen (secondary N) is 3. The van der Waals surface area contributed by atoms with Crippen molar-refractivity contribution in [2.24, 2.45) is 7.05 Å². The Morgan fingerprint density at radius 1 is 1.11 bits per heavy atom. The molecule has 0 aliphatic carbocycles. The van der Waals surface area contributed by atoms with Gasteiger partial charge >= 0.3 is 6.09 Å². The molecule has 1 aliphatic heterocycles. The van der Waals surface area contributed by atoms with E-state index in [-0.39, 0.29) is 23.7 Å². The van der Waals surface area contributed by atoms with Crippen molar-refractivity contribution in [1.82, 2.24) is 30.3 Å². The summed E-state index contributed by atoms with van der Waals surface area (Å²) in [5.74, 6) is -0.187. The summed E-state index contributed by atoms with van der Waals surface area (Å²) in [6, 6.07) is 9.80. The number of rotatable bonds is 12. The number of nitrogens with zero attached hydrogens (tertiary/aromatic N) is 4. The van der Waals surface area contributed by atoms with Crippen molar-refractivity contribution in [2.45, 2.75) is 64.5 Å². The molecule has 1 fully saturated rings. The Labute approximate surface area is 257 Å². The number of halogens is 1. The quantitative estimate of drug-likeness (QED) is 0.262. The molecular weight excluding hydrogens is 565 g/mol. The highest BCUT2D eigenvalue weighted by atomic mass is 19.1. The molecule has 12 heteroatoms. The number of hydrogen-bond donors (Lipinski definition) is 3. The highest BCUT2D eigenvalue weighted by molar-refractivity contribution is 5.99. The predicted molar refractivity (Wildman–Crippen MR) is 166 cm³/mol. The third kappa shape index (κ3) is 9.51. The van der Waals surface area contributed by atoms with Crippen LogP contribution in [-0.2, 0) is 23.0 Å². The van der Waals surface area contributed by atoms with Crippen LogP contribution in [0.2, 0.25) is 0 Å². The summed E-state index contributed by atoms with van der Waals surface area (Å²) in [5.41, 5.74) is 2.11. The smallest absolute Gasteiger partial charge is 0.407 e. The first-order valence-electron chi connectivity index (χ1n) is 15.0. The van der Waals surface area contributed by atoms with Gasteiger partial charge in [-0.05, 0) is 76.3 Å². The molecule has 1 aromatic carbocycles. The highest BCUT2D eigenvalue weighted by Crippen LogP contribution is 2.23. The van der Waals surface area contributed by atoms with E-state index in [1.165, 1.54) is 12.1 Å².